The monoisotopic (exact) mass is 319 g/mol. The molecule has 0 fully saturated rings. The van der Waals surface area contributed by atoms with Gasteiger partial charge >= 0.3 is 0 Å². The number of rotatable bonds is 4. The Labute approximate surface area is 135 Å². The van der Waals surface area contributed by atoms with Crippen LogP contribution in [-0.4, -0.2) is 18.2 Å². The first-order chi connectivity index (χ1) is 10.7. The van der Waals surface area contributed by atoms with Crippen LogP contribution in [0.3, 0.4) is 0 Å². The number of nitrogens with two attached hydrogens (primary N) is 1. The number of quaternary nitrogens is 1. The quantitative estimate of drug-likeness (QED) is 0.942. The summed E-state index contributed by atoms with van der Waals surface area (Å²) in [5.41, 5.74) is 2.19. The molecule has 0 unspecified atom stereocenters. The minimum absolute atomic E-state index is 0.288. The first-order valence-electron chi connectivity index (χ1n) is 7.56. The zero-order valence-electron chi connectivity index (χ0n) is 12.6. The second kappa shape index (κ2) is 6.99. The van der Waals surface area contributed by atoms with Gasteiger partial charge in [0, 0.05) is 18.2 Å². The summed E-state index contributed by atoms with van der Waals surface area (Å²) < 4.78 is 11.4. The largest absolute Gasteiger partial charge is 0.489 e. The van der Waals surface area contributed by atoms with E-state index < -0.39 is 0 Å². The van der Waals surface area contributed by atoms with Crippen LogP contribution in [0.4, 0.5) is 0 Å². The van der Waals surface area contributed by atoms with E-state index in [1.807, 2.05) is 36.5 Å². The Morgan fingerprint density at radius 3 is 2.95 bits per heavy atom. The molecule has 2 N–H and O–H groups in total. The lowest BCUT2D eigenvalue weighted by atomic mass is 10.1. The predicted octanol–water partition coefficient (Wildman–Crippen LogP) is 2.72. The molecular weight excluding hydrogens is 300 g/mol. The number of fused-ring (bicyclic) bond motifs is 1. The van der Waals surface area contributed by atoms with Gasteiger partial charge in [0.05, 0.1) is 23.9 Å². The van der Waals surface area contributed by atoms with Gasteiger partial charge in [0.15, 0.2) is 11.5 Å². The number of hydrogen-bond donors (Lipinski definition) is 1. The van der Waals surface area contributed by atoms with Crippen molar-refractivity contribution in [1.29, 1.82) is 0 Å². The van der Waals surface area contributed by atoms with E-state index >= 15 is 0 Å². The molecule has 0 saturated heterocycles. The summed E-state index contributed by atoms with van der Waals surface area (Å²) in [7, 11) is 0. The number of halogens is 1. The Balaban J connectivity index is 1.70. The fourth-order valence-electron chi connectivity index (χ4n) is 2.48. The summed E-state index contributed by atoms with van der Waals surface area (Å²) in [5.74, 6) is 1.42. The molecule has 3 rings (SSSR count). The summed E-state index contributed by atoms with van der Waals surface area (Å²) in [6.45, 7) is 4.27. The van der Waals surface area contributed by atoms with E-state index in [0.717, 1.165) is 30.0 Å². The first-order valence-corrected chi connectivity index (χ1v) is 7.94. The Kier molecular flexibility index (Phi) is 4.80. The van der Waals surface area contributed by atoms with Crippen LogP contribution >= 0.6 is 11.6 Å². The SMILES string of the molecule is C[C@H]([NH2+]Cc1cc(Cl)c2c(c1)OCCCO2)c1ccccn1. The van der Waals surface area contributed by atoms with Crippen molar-refractivity contribution in [2.75, 3.05) is 13.2 Å². The molecule has 0 bridgehead atoms. The number of ether oxygens (including phenoxy) is 2. The van der Waals surface area contributed by atoms with E-state index in [2.05, 4.69) is 17.2 Å². The fourth-order valence-corrected chi connectivity index (χ4v) is 2.77. The van der Waals surface area contributed by atoms with Gasteiger partial charge in [0.25, 0.3) is 0 Å². The highest BCUT2D eigenvalue weighted by atomic mass is 35.5. The van der Waals surface area contributed by atoms with Crippen LogP contribution in [0.15, 0.2) is 36.5 Å². The van der Waals surface area contributed by atoms with Crippen LogP contribution in [0.2, 0.25) is 5.02 Å². The molecule has 0 radical (unpaired) electrons. The second-order valence-electron chi connectivity index (χ2n) is 5.44. The smallest absolute Gasteiger partial charge is 0.179 e. The number of hydrogen-bond acceptors (Lipinski definition) is 3. The summed E-state index contributed by atoms with van der Waals surface area (Å²) in [6.07, 6.45) is 2.70. The van der Waals surface area contributed by atoms with Crippen molar-refractivity contribution in [1.82, 2.24) is 4.98 Å². The van der Waals surface area contributed by atoms with Gasteiger partial charge < -0.3 is 14.8 Å². The Hall–Kier alpha value is -1.78. The highest BCUT2D eigenvalue weighted by Gasteiger charge is 2.17. The lowest BCUT2D eigenvalue weighted by Crippen LogP contribution is -2.83. The van der Waals surface area contributed by atoms with Crippen molar-refractivity contribution in [3.63, 3.8) is 0 Å². The molecular formula is C17H20ClN2O2+. The maximum Gasteiger partial charge on any atom is 0.179 e. The minimum Gasteiger partial charge on any atom is -0.489 e. The predicted molar refractivity (Wildman–Crippen MR) is 85.3 cm³/mol. The molecule has 4 nitrogen and oxygen atoms in total. The zero-order valence-corrected chi connectivity index (χ0v) is 13.3. The molecule has 1 aromatic heterocycles. The van der Waals surface area contributed by atoms with Crippen molar-refractivity contribution in [3.8, 4) is 11.5 Å². The average Bonchev–Trinajstić information content (AvgIpc) is 2.79. The highest BCUT2D eigenvalue weighted by Crippen LogP contribution is 2.37. The van der Waals surface area contributed by atoms with Crippen LogP contribution in [0.25, 0.3) is 0 Å². The number of pyridine rings is 1. The zero-order chi connectivity index (χ0) is 15.4. The van der Waals surface area contributed by atoms with Crippen molar-refractivity contribution >= 4 is 11.6 Å². The fraction of sp³-hybridized carbons (Fsp3) is 0.353. The Morgan fingerprint density at radius 1 is 1.27 bits per heavy atom. The number of aromatic nitrogens is 1. The summed E-state index contributed by atoms with van der Waals surface area (Å²) in [6, 6.07) is 10.3. The molecule has 1 aromatic carbocycles. The Bertz CT molecular complexity index is 634. The van der Waals surface area contributed by atoms with E-state index in [0.29, 0.717) is 24.0 Å². The van der Waals surface area contributed by atoms with E-state index in [-0.39, 0.29) is 6.04 Å². The molecule has 2 aromatic rings. The van der Waals surface area contributed by atoms with Crippen LogP contribution < -0.4 is 14.8 Å². The van der Waals surface area contributed by atoms with Crippen LogP contribution in [-0.2, 0) is 6.54 Å². The number of benzene rings is 1. The van der Waals surface area contributed by atoms with Crippen molar-refractivity contribution in [2.45, 2.75) is 25.9 Å². The third kappa shape index (κ3) is 3.51. The van der Waals surface area contributed by atoms with E-state index in [9.17, 15) is 0 Å². The van der Waals surface area contributed by atoms with Gasteiger partial charge in [-0.25, -0.2) is 0 Å². The summed E-state index contributed by atoms with van der Waals surface area (Å²) in [5, 5.41) is 2.85. The normalized spacial score (nSPS) is 15.2. The third-order valence-corrected chi connectivity index (χ3v) is 4.00. The lowest BCUT2D eigenvalue weighted by Gasteiger charge is -2.13. The summed E-state index contributed by atoms with van der Waals surface area (Å²) >= 11 is 6.32. The maximum atomic E-state index is 6.32. The molecule has 0 amide bonds. The van der Waals surface area contributed by atoms with Crippen molar-refractivity contribution < 1.29 is 14.8 Å². The minimum atomic E-state index is 0.288. The molecule has 5 heteroatoms. The average molecular weight is 320 g/mol. The molecule has 116 valence electrons. The van der Waals surface area contributed by atoms with E-state index in [4.69, 9.17) is 21.1 Å². The van der Waals surface area contributed by atoms with Crippen molar-refractivity contribution in [3.05, 3.63) is 52.8 Å². The van der Waals surface area contributed by atoms with E-state index in [1.54, 1.807) is 0 Å². The summed E-state index contributed by atoms with van der Waals surface area (Å²) in [4.78, 5) is 4.39. The van der Waals surface area contributed by atoms with Crippen LogP contribution in [0.5, 0.6) is 11.5 Å². The van der Waals surface area contributed by atoms with Gasteiger partial charge in [-0.15, -0.1) is 0 Å². The molecule has 1 aliphatic rings. The van der Waals surface area contributed by atoms with E-state index in [1.165, 1.54) is 0 Å². The number of nitrogens with zero attached hydrogens (tertiary/aromatic N) is 1. The molecule has 2 heterocycles. The second-order valence-corrected chi connectivity index (χ2v) is 5.85. The molecule has 0 aliphatic carbocycles. The maximum absolute atomic E-state index is 6.32. The van der Waals surface area contributed by atoms with Gasteiger partial charge in [0.2, 0.25) is 0 Å². The van der Waals surface area contributed by atoms with Crippen LogP contribution in [0, 0.1) is 0 Å². The van der Waals surface area contributed by atoms with Crippen LogP contribution in [0.1, 0.15) is 30.6 Å². The highest BCUT2D eigenvalue weighted by molar-refractivity contribution is 6.32. The third-order valence-electron chi connectivity index (χ3n) is 3.72. The lowest BCUT2D eigenvalue weighted by molar-refractivity contribution is -0.708. The first kappa shape index (κ1) is 15.1. The standard InChI is InChI=1S/C17H19ClN2O2/c1-12(15-5-2-3-6-19-15)20-11-13-9-14(18)17-16(10-13)21-7-4-8-22-17/h2-3,5-6,9-10,12,20H,4,7-8,11H2,1H3/p+1/t12-/m0/s1. The molecule has 22 heavy (non-hydrogen) atoms. The Morgan fingerprint density at radius 2 is 2.14 bits per heavy atom. The van der Waals surface area contributed by atoms with Gasteiger partial charge in [-0.2, -0.15) is 0 Å². The van der Waals surface area contributed by atoms with Gasteiger partial charge in [-0.1, -0.05) is 17.7 Å². The molecule has 1 aliphatic heterocycles. The van der Waals surface area contributed by atoms with Gasteiger partial charge in [0.1, 0.15) is 12.6 Å². The van der Waals surface area contributed by atoms with Gasteiger partial charge in [-0.3, -0.25) is 4.98 Å². The molecule has 1 atom stereocenters. The van der Waals surface area contributed by atoms with Crippen molar-refractivity contribution in [2.24, 2.45) is 0 Å². The topological polar surface area (TPSA) is 48.0 Å². The molecule has 0 saturated carbocycles. The molecule has 0 spiro atoms. The van der Waals surface area contributed by atoms with Gasteiger partial charge in [-0.05, 0) is 31.2 Å².